The van der Waals surface area contributed by atoms with Gasteiger partial charge in [0.05, 0.1) is 10.7 Å². The van der Waals surface area contributed by atoms with Crippen molar-refractivity contribution < 1.29 is 0 Å². The first-order chi connectivity index (χ1) is 8.79. The number of rotatable bonds is 2. The zero-order chi connectivity index (χ0) is 14.2. The van der Waals surface area contributed by atoms with Crippen molar-refractivity contribution in [2.75, 3.05) is 0 Å². The van der Waals surface area contributed by atoms with E-state index < -0.39 is 5.54 Å². The van der Waals surface area contributed by atoms with E-state index in [1.165, 1.54) is 0 Å². The van der Waals surface area contributed by atoms with Crippen LogP contribution in [0.4, 0.5) is 0 Å². The van der Waals surface area contributed by atoms with Gasteiger partial charge in [-0.25, -0.2) is 0 Å². The maximum Gasteiger partial charge on any atom is 0.0720 e. The van der Waals surface area contributed by atoms with Crippen LogP contribution >= 0.6 is 23.2 Å². The van der Waals surface area contributed by atoms with Crippen LogP contribution in [0.5, 0.6) is 0 Å². The molecule has 0 unspecified atom stereocenters. The Labute approximate surface area is 123 Å². The van der Waals surface area contributed by atoms with Crippen LogP contribution in [0.1, 0.15) is 25.1 Å². The van der Waals surface area contributed by atoms with Crippen LogP contribution in [0, 0.1) is 6.92 Å². The van der Waals surface area contributed by atoms with Gasteiger partial charge >= 0.3 is 0 Å². The molecule has 0 aliphatic heterocycles. The van der Waals surface area contributed by atoms with E-state index >= 15 is 0 Å². The minimum Gasteiger partial charge on any atom is -0.322 e. The fourth-order valence-electron chi connectivity index (χ4n) is 2.09. The highest BCUT2D eigenvalue weighted by atomic mass is 35.5. The largest absolute Gasteiger partial charge is 0.322 e. The van der Waals surface area contributed by atoms with Gasteiger partial charge in [-0.05, 0) is 50.6 Å². The monoisotopic (exact) mass is 294 g/mol. The molecule has 0 saturated carbocycles. The van der Waals surface area contributed by atoms with Gasteiger partial charge in [-0.2, -0.15) is 0 Å². The highest BCUT2D eigenvalue weighted by Crippen LogP contribution is 2.31. The fourth-order valence-corrected chi connectivity index (χ4v) is 2.47. The minimum atomic E-state index is -0.409. The number of halogens is 2. The molecule has 0 radical (unpaired) electrons. The van der Waals surface area contributed by atoms with E-state index in [-0.39, 0.29) is 0 Å². The van der Waals surface area contributed by atoms with Crippen molar-refractivity contribution >= 4 is 23.2 Å². The lowest BCUT2D eigenvalue weighted by atomic mass is 9.93. The van der Waals surface area contributed by atoms with E-state index in [4.69, 9.17) is 28.9 Å². The molecule has 4 heteroatoms. The Morgan fingerprint density at radius 1 is 1.11 bits per heavy atom. The summed E-state index contributed by atoms with van der Waals surface area (Å²) in [7, 11) is 0. The van der Waals surface area contributed by atoms with Crippen LogP contribution in [-0.4, -0.2) is 4.98 Å². The third-order valence-corrected chi connectivity index (χ3v) is 3.55. The van der Waals surface area contributed by atoms with Crippen molar-refractivity contribution in [3.63, 3.8) is 0 Å². The van der Waals surface area contributed by atoms with Gasteiger partial charge < -0.3 is 5.73 Å². The summed E-state index contributed by atoms with van der Waals surface area (Å²) < 4.78 is 0. The lowest BCUT2D eigenvalue weighted by Gasteiger charge is -2.21. The second kappa shape index (κ2) is 5.12. The second-order valence-corrected chi connectivity index (χ2v) is 6.02. The summed E-state index contributed by atoms with van der Waals surface area (Å²) in [6.45, 7) is 5.87. The molecule has 0 saturated heterocycles. The quantitative estimate of drug-likeness (QED) is 0.882. The van der Waals surface area contributed by atoms with Crippen molar-refractivity contribution in [2.45, 2.75) is 26.3 Å². The van der Waals surface area contributed by atoms with E-state index in [2.05, 4.69) is 4.98 Å². The molecule has 0 aliphatic carbocycles. The van der Waals surface area contributed by atoms with Crippen molar-refractivity contribution in [3.05, 3.63) is 51.6 Å². The summed E-state index contributed by atoms with van der Waals surface area (Å²) in [6.07, 6.45) is 0. The molecule has 19 heavy (non-hydrogen) atoms. The smallest absolute Gasteiger partial charge is 0.0720 e. The molecule has 0 aliphatic rings. The van der Waals surface area contributed by atoms with Crippen molar-refractivity contribution in [1.29, 1.82) is 0 Å². The summed E-state index contributed by atoms with van der Waals surface area (Å²) in [6, 6.07) is 9.27. The highest BCUT2D eigenvalue weighted by Gasteiger charge is 2.18. The molecule has 1 heterocycles. The summed E-state index contributed by atoms with van der Waals surface area (Å²) >= 11 is 12.2. The van der Waals surface area contributed by atoms with Gasteiger partial charge in [-0.1, -0.05) is 29.3 Å². The van der Waals surface area contributed by atoms with E-state index in [1.807, 2.05) is 39.0 Å². The lowest BCUT2D eigenvalue weighted by molar-refractivity contribution is 0.548. The molecule has 100 valence electrons. The normalized spacial score (nSPS) is 11.7. The molecule has 0 bridgehead atoms. The van der Waals surface area contributed by atoms with Crippen molar-refractivity contribution in [2.24, 2.45) is 5.73 Å². The molecule has 2 N–H and O–H groups in total. The molecule has 0 amide bonds. The maximum absolute atomic E-state index is 6.19. The predicted molar refractivity (Wildman–Crippen MR) is 81.6 cm³/mol. The Morgan fingerprint density at radius 3 is 2.37 bits per heavy atom. The van der Waals surface area contributed by atoms with Crippen LogP contribution in [-0.2, 0) is 5.54 Å². The topological polar surface area (TPSA) is 38.9 Å². The van der Waals surface area contributed by atoms with Gasteiger partial charge in [-0.15, -0.1) is 0 Å². The number of nitrogens with zero attached hydrogens (tertiary/aromatic N) is 1. The van der Waals surface area contributed by atoms with Gasteiger partial charge in [0.2, 0.25) is 0 Å². The SMILES string of the molecule is Cc1nc(-c2cc(Cl)ccc2Cl)ccc1C(C)(C)N. The number of aryl methyl sites for hydroxylation is 1. The average molecular weight is 295 g/mol. The zero-order valence-electron chi connectivity index (χ0n) is 11.2. The summed E-state index contributed by atoms with van der Waals surface area (Å²) in [5.41, 5.74) is 9.27. The summed E-state index contributed by atoms with van der Waals surface area (Å²) in [4.78, 5) is 4.59. The van der Waals surface area contributed by atoms with Crippen LogP contribution < -0.4 is 5.73 Å². The first-order valence-corrected chi connectivity index (χ1v) is 6.77. The van der Waals surface area contributed by atoms with Gasteiger partial charge in [0.1, 0.15) is 0 Å². The van der Waals surface area contributed by atoms with Crippen molar-refractivity contribution in [1.82, 2.24) is 4.98 Å². The number of hydrogen-bond acceptors (Lipinski definition) is 2. The molecular formula is C15H16Cl2N2. The molecule has 1 aromatic heterocycles. The molecule has 0 fully saturated rings. The molecule has 2 aromatic rings. The number of aromatic nitrogens is 1. The van der Waals surface area contributed by atoms with Crippen LogP contribution in [0.3, 0.4) is 0 Å². The number of nitrogens with two attached hydrogens (primary N) is 1. The first kappa shape index (κ1) is 14.3. The minimum absolute atomic E-state index is 0.409. The van der Waals surface area contributed by atoms with Gasteiger partial charge in [0, 0.05) is 21.8 Å². The highest BCUT2D eigenvalue weighted by molar-refractivity contribution is 6.35. The average Bonchev–Trinajstić information content (AvgIpc) is 2.30. The third-order valence-electron chi connectivity index (χ3n) is 2.98. The first-order valence-electron chi connectivity index (χ1n) is 6.01. The Hall–Kier alpha value is -1.09. The lowest BCUT2D eigenvalue weighted by Crippen LogP contribution is -2.29. The Bertz CT molecular complexity index is 616. The molecule has 2 rings (SSSR count). The van der Waals surface area contributed by atoms with Crippen LogP contribution in [0.2, 0.25) is 10.0 Å². The van der Waals surface area contributed by atoms with Gasteiger partial charge in [-0.3, -0.25) is 4.98 Å². The molecule has 0 spiro atoms. The summed E-state index contributed by atoms with van der Waals surface area (Å²) in [5, 5.41) is 1.28. The number of pyridine rings is 1. The number of hydrogen-bond donors (Lipinski definition) is 1. The standard InChI is InChI=1S/C15H16Cl2N2/c1-9-12(15(2,3)18)5-7-14(19-9)11-8-10(16)4-6-13(11)17/h4-8H,18H2,1-3H3. The van der Waals surface area contributed by atoms with Crippen LogP contribution in [0.25, 0.3) is 11.3 Å². The fraction of sp³-hybridized carbons (Fsp3) is 0.267. The maximum atomic E-state index is 6.19. The summed E-state index contributed by atoms with van der Waals surface area (Å²) in [5.74, 6) is 0. The van der Waals surface area contributed by atoms with E-state index in [0.717, 1.165) is 22.5 Å². The second-order valence-electron chi connectivity index (χ2n) is 5.18. The zero-order valence-corrected chi connectivity index (χ0v) is 12.7. The molecular weight excluding hydrogens is 279 g/mol. The van der Waals surface area contributed by atoms with Gasteiger partial charge in [0.15, 0.2) is 0 Å². The van der Waals surface area contributed by atoms with E-state index in [0.29, 0.717) is 10.0 Å². The third kappa shape index (κ3) is 3.08. The Kier molecular flexibility index (Phi) is 3.86. The Balaban J connectivity index is 2.54. The Morgan fingerprint density at radius 2 is 1.79 bits per heavy atom. The molecule has 0 atom stereocenters. The van der Waals surface area contributed by atoms with Gasteiger partial charge in [0.25, 0.3) is 0 Å². The van der Waals surface area contributed by atoms with Crippen molar-refractivity contribution in [3.8, 4) is 11.3 Å². The predicted octanol–water partition coefficient (Wildman–Crippen LogP) is 4.56. The van der Waals surface area contributed by atoms with E-state index in [1.54, 1.807) is 12.1 Å². The van der Waals surface area contributed by atoms with E-state index in [9.17, 15) is 0 Å². The molecule has 2 nitrogen and oxygen atoms in total. The molecule has 1 aromatic carbocycles. The number of benzene rings is 1. The van der Waals surface area contributed by atoms with Crippen LogP contribution in [0.15, 0.2) is 30.3 Å².